The largest absolute Gasteiger partial charge is 0.504 e. The van der Waals surface area contributed by atoms with Gasteiger partial charge in [0, 0.05) is 13.6 Å². The van der Waals surface area contributed by atoms with Gasteiger partial charge in [-0.3, -0.25) is 4.79 Å². The number of phenols is 2. The number of amides is 1. The molecule has 0 saturated carbocycles. The van der Waals surface area contributed by atoms with E-state index in [1.54, 1.807) is 14.0 Å². The number of rotatable bonds is 3. The van der Waals surface area contributed by atoms with E-state index < -0.39 is 11.7 Å². The number of hydrogen-bond acceptors (Lipinski definition) is 4. The molecule has 1 amide bonds. The van der Waals surface area contributed by atoms with Gasteiger partial charge >= 0.3 is 0 Å². The topological polar surface area (TPSA) is 84.6 Å². The fourth-order valence-corrected chi connectivity index (χ4v) is 1.44. The maximum Gasteiger partial charge on any atom is 0.257 e. The van der Waals surface area contributed by atoms with Crippen LogP contribution in [0.5, 0.6) is 11.5 Å². The Hall–Kier alpha value is -2.22. The molecule has 17 heavy (non-hydrogen) atoms. The van der Waals surface area contributed by atoms with Crippen LogP contribution in [0.1, 0.15) is 17.3 Å². The first-order valence-corrected chi connectivity index (χ1v) is 5.13. The Morgan fingerprint density at radius 2 is 2.18 bits per heavy atom. The third kappa shape index (κ3) is 2.88. The molecule has 0 aliphatic heterocycles. The van der Waals surface area contributed by atoms with Gasteiger partial charge < -0.3 is 15.1 Å². The van der Waals surface area contributed by atoms with E-state index in [1.165, 1.54) is 23.1 Å². The van der Waals surface area contributed by atoms with Crippen LogP contribution in [0.3, 0.4) is 0 Å². The lowest BCUT2D eigenvalue weighted by atomic mass is 10.1. The van der Waals surface area contributed by atoms with Gasteiger partial charge in [-0.05, 0) is 19.1 Å². The smallest absolute Gasteiger partial charge is 0.257 e. The summed E-state index contributed by atoms with van der Waals surface area (Å²) >= 11 is 0. The monoisotopic (exact) mass is 234 g/mol. The summed E-state index contributed by atoms with van der Waals surface area (Å²) in [6.07, 6.45) is 0. The van der Waals surface area contributed by atoms with Crippen LogP contribution in [0.4, 0.5) is 0 Å². The average Bonchev–Trinajstić information content (AvgIpc) is 2.31. The van der Waals surface area contributed by atoms with E-state index in [0.29, 0.717) is 0 Å². The third-order valence-electron chi connectivity index (χ3n) is 2.36. The first kappa shape index (κ1) is 12.8. The molecule has 0 bridgehead atoms. The molecule has 0 spiro atoms. The van der Waals surface area contributed by atoms with Gasteiger partial charge in [0.05, 0.1) is 17.6 Å². The SMILES string of the molecule is CC(C#N)CN(C)C(=O)c1cccc(O)c1O. The summed E-state index contributed by atoms with van der Waals surface area (Å²) in [4.78, 5) is 13.3. The summed E-state index contributed by atoms with van der Waals surface area (Å²) in [5, 5.41) is 27.5. The highest BCUT2D eigenvalue weighted by molar-refractivity contribution is 5.97. The highest BCUT2D eigenvalue weighted by Gasteiger charge is 2.18. The Morgan fingerprint density at radius 3 is 2.76 bits per heavy atom. The van der Waals surface area contributed by atoms with Gasteiger partial charge in [0.25, 0.3) is 5.91 Å². The zero-order valence-electron chi connectivity index (χ0n) is 9.71. The molecule has 0 saturated heterocycles. The second-order valence-corrected chi connectivity index (χ2v) is 3.89. The molecule has 0 heterocycles. The van der Waals surface area contributed by atoms with E-state index in [-0.39, 0.29) is 23.8 Å². The van der Waals surface area contributed by atoms with Crippen molar-refractivity contribution < 1.29 is 15.0 Å². The molecule has 5 heteroatoms. The number of aromatic hydroxyl groups is 2. The second kappa shape index (κ2) is 5.21. The molecule has 0 aromatic heterocycles. The molecule has 1 aromatic rings. The summed E-state index contributed by atoms with van der Waals surface area (Å²) in [6, 6.07) is 6.22. The van der Waals surface area contributed by atoms with Crippen LogP contribution in [-0.4, -0.2) is 34.6 Å². The Balaban J connectivity index is 2.90. The lowest BCUT2D eigenvalue weighted by Gasteiger charge is -2.18. The quantitative estimate of drug-likeness (QED) is 0.773. The minimum Gasteiger partial charge on any atom is -0.504 e. The summed E-state index contributed by atoms with van der Waals surface area (Å²) < 4.78 is 0. The molecule has 2 N–H and O–H groups in total. The summed E-state index contributed by atoms with van der Waals surface area (Å²) in [7, 11) is 1.54. The predicted octanol–water partition coefficient (Wildman–Crippen LogP) is 1.33. The first-order valence-electron chi connectivity index (χ1n) is 5.13. The van der Waals surface area contributed by atoms with Crippen LogP contribution < -0.4 is 0 Å². The number of nitriles is 1. The van der Waals surface area contributed by atoms with E-state index in [1.807, 2.05) is 6.07 Å². The number of para-hydroxylation sites is 1. The first-order chi connectivity index (χ1) is 7.97. The van der Waals surface area contributed by atoms with E-state index in [4.69, 9.17) is 5.26 Å². The molecule has 1 rings (SSSR count). The maximum absolute atomic E-state index is 11.9. The van der Waals surface area contributed by atoms with Crippen molar-refractivity contribution in [2.75, 3.05) is 13.6 Å². The van der Waals surface area contributed by atoms with Crippen molar-refractivity contribution in [2.45, 2.75) is 6.92 Å². The van der Waals surface area contributed by atoms with Gasteiger partial charge in [-0.25, -0.2) is 0 Å². The fourth-order valence-electron chi connectivity index (χ4n) is 1.44. The van der Waals surface area contributed by atoms with Crippen molar-refractivity contribution in [2.24, 2.45) is 5.92 Å². The number of benzene rings is 1. The van der Waals surface area contributed by atoms with E-state index in [9.17, 15) is 15.0 Å². The molecule has 0 aliphatic rings. The molecular formula is C12H14N2O3. The van der Waals surface area contributed by atoms with Gasteiger partial charge in [-0.15, -0.1) is 0 Å². The third-order valence-corrected chi connectivity index (χ3v) is 2.36. The van der Waals surface area contributed by atoms with Gasteiger partial charge in [0.2, 0.25) is 0 Å². The van der Waals surface area contributed by atoms with Crippen molar-refractivity contribution in [3.63, 3.8) is 0 Å². The van der Waals surface area contributed by atoms with Gasteiger partial charge in [-0.2, -0.15) is 5.26 Å². The summed E-state index contributed by atoms with van der Waals surface area (Å²) in [5.74, 6) is -1.49. The van der Waals surface area contributed by atoms with Crippen LogP contribution >= 0.6 is 0 Å². The predicted molar refractivity (Wildman–Crippen MR) is 61.5 cm³/mol. The van der Waals surface area contributed by atoms with Crippen LogP contribution in [0.15, 0.2) is 18.2 Å². The van der Waals surface area contributed by atoms with Crippen LogP contribution in [0.2, 0.25) is 0 Å². The molecule has 0 aliphatic carbocycles. The summed E-state index contributed by atoms with van der Waals surface area (Å²) in [5.41, 5.74) is 0.0256. The molecule has 0 radical (unpaired) electrons. The molecule has 1 aromatic carbocycles. The number of nitrogens with zero attached hydrogens (tertiary/aromatic N) is 2. The van der Waals surface area contributed by atoms with Crippen molar-refractivity contribution in [1.82, 2.24) is 4.90 Å². The molecule has 0 fully saturated rings. The number of carbonyl (C=O) groups is 1. The minimum atomic E-state index is -0.436. The van der Waals surface area contributed by atoms with Crippen LogP contribution in [0.25, 0.3) is 0 Å². The highest BCUT2D eigenvalue weighted by atomic mass is 16.3. The highest BCUT2D eigenvalue weighted by Crippen LogP contribution is 2.28. The Bertz CT molecular complexity index is 465. The van der Waals surface area contributed by atoms with Gasteiger partial charge in [-0.1, -0.05) is 6.07 Å². The van der Waals surface area contributed by atoms with Crippen LogP contribution in [0, 0.1) is 17.2 Å². The van der Waals surface area contributed by atoms with Gasteiger partial charge in [0.1, 0.15) is 0 Å². The zero-order valence-corrected chi connectivity index (χ0v) is 9.71. The second-order valence-electron chi connectivity index (χ2n) is 3.89. The molecular weight excluding hydrogens is 220 g/mol. The van der Waals surface area contributed by atoms with E-state index in [2.05, 4.69) is 0 Å². The number of hydrogen-bond donors (Lipinski definition) is 2. The fraction of sp³-hybridized carbons (Fsp3) is 0.333. The molecule has 90 valence electrons. The van der Waals surface area contributed by atoms with Crippen molar-refractivity contribution >= 4 is 5.91 Å². The minimum absolute atomic E-state index is 0.0256. The summed E-state index contributed by atoms with van der Waals surface area (Å²) in [6.45, 7) is 1.97. The number of phenolic OH excluding ortho intramolecular Hbond substituents is 2. The Labute approximate surface area is 99.5 Å². The standard InChI is InChI=1S/C12H14N2O3/c1-8(6-13)7-14(2)12(17)9-4-3-5-10(15)11(9)16/h3-5,8,15-16H,7H2,1-2H3. The van der Waals surface area contributed by atoms with Crippen molar-refractivity contribution in [1.29, 1.82) is 5.26 Å². The van der Waals surface area contributed by atoms with E-state index >= 15 is 0 Å². The molecule has 5 nitrogen and oxygen atoms in total. The molecule has 1 atom stereocenters. The maximum atomic E-state index is 11.9. The zero-order chi connectivity index (χ0) is 13.0. The number of carbonyl (C=O) groups excluding carboxylic acids is 1. The Morgan fingerprint density at radius 1 is 1.53 bits per heavy atom. The Kier molecular flexibility index (Phi) is 3.94. The van der Waals surface area contributed by atoms with Gasteiger partial charge in [0.15, 0.2) is 11.5 Å². The average molecular weight is 234 g/mol. The van der Waals surface area contributed by atoms with E-state index in [0.717, 1.165) is 0 Å². The lowest BCUT2D eigenvalue weighted by Crippen LogP contribution is -2.30. The lowest BCUT2D eigenvalue weighted by molar-refractivity contribution is 0.0781. The molecule has 1 unspecified atom stereocenters. The van der Waals surface area contributed by atoms with Crippen molar-refractivity contribution in [3.8, 4) is 17.6 Å². The van der Waals surface area contributed by atoms with Crippen LogP contribution in [-0.2, 0) is 0 Å². The van der Waals surface area contributed by atoms with Crippen molar-refractivity contribution in [3.05, 3.63) is 23.8 Å². The normalized spacial score (nSPS) is 11.6.